The zero-order valence-electron chi connectivity index (χ0n) is 9.86. The zero-order chi connectivity index (χ0) is 12.4. The number of amides is 3. The van der Waals surface area contributed by atoms with Crippen molar-refractivity contribution in [1.82, 2.24) is 15.5 Å². The van der Waals surface area contributed by atoms with Crippen LogP contribution in [0, 0.1) is 5.92 Å². The van der Waals surface area contributed by atoms with Gasteiger partial charge in [-0.15, -0.1) is 0 Å². The van der Waals surface area contributed by atoms with Crippen molar-refractivity contribution in [2.75, 3.05) is 20.1 Å². The third-order valence-corrected chi connectivity index (χ3v) is 3.37. The summed E-state index contributed by atoms with van der Waals surface area (Å²) in [6.07, 6.45) is 1.89. The summed E-state index contributed by atoms with van der Waals surface area (Å²) in [6, 6.07) is -0.665. The summed E-state index contributed by atoms with van der Waals surface area (Å²) in [5.74, 6) is -0.759. The molecule has 2 aliphatic heterocycles. The van der Waals surface area contributed by atoms with Gasteiger partial charge in [-0.3, -0.25) is 19.3 Å². The van der Waals surface area contributed by atoms with Crippen molar-refractivity contribution < 1.29 is 14.4 Å². The molecule has 0 bridgehead atoms. The van der Waals surface area contributed by atoms with Crippen LogP contribution in [0.3, 0.4) is 0 Å². The van der Waals surface area contributed by atoms with Crippen molar-refractivity contribution in [1.29, 1.82) is 0 Å². The minimum Gasteiger partial charge on any atom is -0.343 e. The Morgan fingerprint density at radius 3 is 2.76 bits per heavy atom. The Kier molecular flexibility index (Phi) is 3.42. The van der Waals surface area contributed by atoms with E-state index in [1.165, 1.54) is 7.05 Å². The second-order valence-corrected chi connectivity index (χ2v) is 4.60. The van der Waals surface area contributed by atoms with Crippen LogP contribution < -0.4 is 10.6 Å². The van der Waals surface area contributed by atoms with Gasteiger partial charge < -0.3 is 10.6 Å². The second kappa shape index (κ2) is 4.83. The molecule has 0 aromatic heterocycles. The van der Waals surface area contributed by atoms with Gasteiger partial charge in [0.15, 0.2) is 0 Å². The Morgan fingerprint density at radius 2 is 2.24 bits per heavy atom. The van der Waals surface area contributed by atoms with Gasteiger partial charge in [0.1, 0.15) is 6.04 Å². The van der Waals surface area contributed by atoms with E-state index in [9.17, 15) is 14.4 Å². The molecule has 2 saturated heterocycles. The Balaban J connectivity index is 1.90. The first kappa shape index (κ1) is 12.0. The van der Waals surface area contributed by atoms with Gasteiger partial charge in [-0.05, 0) is 19.4 Å². The summed E-state index contributed by atoms with van der Waals surface area (Å²) in [7, 11) is 1.44. The molecule has 17 heavy (non-hydrogen) atoms. The lowest BCUT2D eigenvalue weighted by atomic mass is 9.98. The number of nitrogens with zero attached hydrogens (tertiary/aromatic N) is 1. The van der Waals surface area contributed by atoms with Crippen molar-refractivity contribution in [2.45, 2.75) is 25.3 Å². The molecule has 0 radical (unpaired) electrons. The van der Waals surface area contributed by atoms with Crippen LogP contribution in [0.2, 0.25) is 0 Å². The summed E-state index contributed by atoms with van der Waals surface area (Å²) in [5, 5.41) is 5.81. The SMILES string of the molecule is CN1C(=O)CC(NC(=O)C2CCCNC2)C1=O. The van der Waals surface area contributed by atoms with Gasteiger partial charge in [0.25, 0.3) is 5.91 Å². The third kappa shape index (κ3) is 2.46. The van der Waals surface area contributed by atoms with E-state index < -0.39 is 6.04 Å². The van der Waals surface area contributed by atoms with Gasteiger partial charge >= 0.3 is 0 Å². The quantitative estimate of drug-likeness (QED) is 0.597. The topological polar surface area (TPSA) is 78.5 Å². The molecule has 0 saturated carbocycles. The van der Waals surface area contributed by atoms with Gasteiger partial charge in [0.2, 0.25) is 11.8 Å². The molecule has 2 rings (SSSR count). The van der Waals surface area contributed by atoms with Gasteiger partial charge in [-0.25, -0.2) is 0 Å². The molecule has 2 N–H and O–H groups in total. The lowest BCUT2D eigenvalue weighted by molar-refractivity contribution is -0.138. The van der Waals surface area contributed by atoms with Crippen LogP contribution in [-0.2, 0) is 14.4 Å². The molecule has 6 nitrogen and oxygen atoms in total. The molecular formula is C11H17N3O3. The van der Waals surface area contributed by atoms with Crippen LogP contribution >= 0.6 is 0 Å². The number of hydrogen-bond donors (Lipinski definition) is 2. The molecule has 2 atom stereocenters. The molecule has 2 fully saturated rings. The van der Waals surface area contributed by atoms with E-state index in [0.29, 0.717) is 6.54 Å². The number of rotatable bonds is 2. The van der Waals surface area contributed by atoms with E-state index in [1.807, 2.05) is 0 Å². The van der Waals surface area contributed by atoms with Crippen LogP contribution in [0.15, 0.2) is 0 Å². The van der Waals surface area contributed by atoms with E-state index in [-0.39, 0.29) is 30.1 Å². The summed E-state index contributed by atoms with van der Waals surface area (Å²) in [6.45, 7) is 1.59. The maximum Gasteiger partial charge on any atom is 0.252 e. The fraction of sp³-hybridized carbons (Fsp3) is 0.727. The van der Waals surface area contributed by atoms with Gasteiger partial charge in [-0.1, -0.05) is 0 Å². The van der Waals surface area contributed by atoms with Crippen molar-refractivity contribution >= 4 is 17.7 Å². The van der Waals surface area contributed by atoms with E-state index in [4.69, 9.17) is 0 Å². The fourth-order valence-corrected chi connectivity index (χ4v) is 2.23. The number of imide groups is 1. The number of likely N-dealkylation sites (tertiary alicyclic amines) is 1. The van der Waals surface area contributed by atoms with Crippen molar-refractivity contribution in [3.63, 3.8) is 0 Å². The third-order valence-electron chi connectivity index (χ3n) is 3.37. The van der Waals surface area contributed by atoms with Crippen LogP contribution in [0.5, 0.6) is 0 Å². The van der Waals surface area contributed by atoms with Crippen LogP contribution in [0.4, 0.5) is 0 Å². The maximum absolute atomic E-state index is 11.9. The first-order valence-electron chi connectivity index (χ1n) is 5.91. The number of carbonyl (C=O) groups is 3. The zero-order valence-corrected chi connectivity index (χ0v) is 9.86. The molecule has 2 aliphatic rings. The van der Waals surface area contributed by atoms with Crippen molar-refractivity contribution in [2.24, 2.45) is 5.92 Å². The molecule has 0 aromatic rings. The Morgan fingerprint density at radius 1 is 1.47 bits per heavy atom. The molecule has 2 unspecified atom stereocenters. The highest BCUT2D eigenvalue weighted by atomic mass is 16.2. The lowest BCUT2D eigenvalue weighted by Crippen LogP contribution is -2.46. The van der Waals surface area contributed by atoms with Crippen LogP contribution in [-0.4, -0.2) is 48.8 Å². The Labute approximate surface area is 99.7 Å². The molecule has 6 heteroatoms. The average molecular weight is 239 g/mol. The predicted octanol–water partition coefficient (Wildman–Crippen LogP) is -1.14. The highest BCUT2D eigenvalue weighted by Crippen LogP contribution is 2.14. The normalized spacial score (nSPS) is 29.6. The number of carbonyl (C=O) groups excluding carboxylic acids is 3. The van der Waals surface area contributed by atoms with E-state index in [2.05, 4.69) is 10.6 Å². The standard InChI is InChI=1S/C11H17N3O3/c1-14-9(15)5-8(11(14)17)13-10(16)7-3-2-4-12-6-7/h7-8,12H,2-6H2,1H3,(H,13,16). The van der Waals surface area contributed by atoms with E-state index in [1.54, 1.807) is 0 Å². The molecule has 2 heterocycles. The Hall–Kier alpha value is -1.43. The second-order valence-electron chi connectivity index (χ2n) is 4.60. The van der Waals surface area contributed by atoms with Crippen LogP contribution in [0.1, 0.15) is 19.3 Å². The molecule has 0 aliphatic carbocycles. The van der Waals surface area contributed by atoms with Gasteiger partial charge in [0, 0.05) is 13.6 Å². The predicted molar refractivity (Wildman–Crippen MR) is 59.9 cm³/mol. The highest BCUT2D eigenvalue weighted by Gasteiger charge is 2.37. The van der Waals surface area contributed by atoms with E-state index in [0.717, 1.165) is 24.3 Å². The van der Waals surface area contributed by atoms with Crippen LogP contribution in [0.25, 0.3) is 0 Å². The monoisotopic (exact) mass is 239 g/mol. The minimum atomic E-state index is -0.665. The minimum absolute atomic E-state index is 0.0845. The molecule has 3 amide bonds. The number of nitrogens with one attached hydrogen (secondary N) is 2. The number of likely N-dealkylation sites (N-methyl/N-ethyl adjacent to an activating group) is 1. The first-order chi connectivity index (χ1) is 8.09. The summed E-state index contributed by atoms with van der Waals surface area (Å²) in [4.78, 5) is 35.9. The average Bonchev–Trinajstić information content (AvgIpc) is 2.58. The fourth-order valence-electron chi connectivity index (χ4n) is 2.23. The van der Waals surface area contributed by atoms with Gasteiger partial charge in [-0.2, -0.15) is 0 Å². The van der Waals surface area contributed by atoms with Crippen molar-refractivity contribution in [3.8, 4) is 0 Å². The highest BCUT2D eigenvalue weighted by molar-refractivity contribution is 6.06. The number of piperidine rings is 1. The summed E-state index contributed by atoms with van der Waals surface area (Å²) >= 11 is 0. The number of hydrogen-bond acceptors (Lipinski definition) is 4. The smallest absolute Gasteiger partial charge is 0.252 e. The first-order valence-corrected chi connectivity index (χ1v) is 5.91. The van der Waals surface area contributed by atoms with E-state index >= 15 is 0 Å². The summed E-state index contributed by atoms with van der Waals surface area (Å²) in [5.41, 5.74) is 0. The lowest BCUT2D eigenvalue weighted by Gasteiger charge is -2.23. The largest absolute Gasteiger partial charge is 0.343 e. The Bertz CT molecular complexity index is 350. The molecule has 0 aromatic carbocycles. The maximum atomic E-state index is 11.9. The van der Waals surface area contributed by atoms with Gasteiger partial charge in [0.05, 0.1) is 12.3 Å². The van der Waals surface area contributed by atoms with Crippen molar-refractivity contribution in [3.05, 3.63) is 0 Å². The molecular weight excluding hydrogens is 222 g/mol. The molecule has 94 valence electrons. The molecule has 0 spiro atoms. The summed E-state index contributed by atoms with van der Waals surface area (Å²) < 4.78 is 0.